The van der Waals surface area contributed by atoms with Crippen LogP contribution in [0, 0.1) is 11.3 Å². The smallest absolute Gasteiger partial charge is 0.347 e. The van der Waals surface area contributed by atoms with Crippen LogP contribution in [0.3, 0.4) is 0 Å². The molecule has 0 fully saturated rings. The highest BCUT2D eigenvalue weighted by molar-refractivity contribution is 5.98. The maximum Gasteiger partial charge on any atom is 0.347 e. The molecule has 0 aliphatic rings. The van der Waals surface area contributed by atoms with Crippen LogP contribution in [0.4, 0.5) is 5.69 Å². The Morgan fingerprint density at radius 1 is 1.04 bits per heavy atom. The van der Waals surface area contributed by atoms with Crippen molar-refractivity contribution in [2.75, 3.05) is 5.32 Å². The summed E-state index contributed by atoms with van der Waals surface area (Å²) in [7, 11) is 0. The van der Waals surface area contributed by atoms with Crippen molar-refractivity contribution >= 4 is 23.3 Å². The average Bonchev–Trinajstić information content (AvgIpc) is 2.68. The first-order chi connectivity index (χ1) is 13.3. The Kier molecular flexibility index (Phi) is 6.88. The van der Waals surface area contributed by atoms with Crippen molar-refractivity contribution in [2.24, 2.45) is 0 Å². The lowest BCUT2D eigenvalue weighted by Gasteiger charge is -2.18. The van der Waals surface area contributed by atoms with Crippen LogP contribution in [0.5, 0.6) is 5.75 Å². The Bertz CT molecular complexity index is 915. The largest absolute Gasteiger partial charge is 0.479 e. The molecule has 28 heavy (non-hydrogen) atoms. The predicted molar refractivity (Wildman–Crippen MR) is 102 cm³/mol. The molecule has 1 N–H and O–H groups in total. The van der Waals surface area contributed by atoms with Crippen LogP contribution in [-0.2, 0) is 14.3 Å². The highest BCUT2D eigenvalue weighted by atomic mass is 16.6. The number of nitrogens with one attached hydrogen (secondary N) is 1. The molecule has 2 rings (SSSR count). The van der Waals surface area contributed by atoms with Crippen LogP contribution in [-0.4, -0.2) is 29.9 Å². The Morgan fingerprint density at radius 2 is 1.71 bits per heavy atom. The zero-order chi connectivity index (χ0) is 20.7. The van der Waals surface area contributed by atoms with E-state index in [-0.39, 0.29) is 5.78 Å². The minimum atomic E-state index is -1.06. The van der Waals surface area contributed by atoms with Crippen LogP contribution in [0.2, 0.25) is 0 Å². The third-order valence-electron chi connectivity index (χ3n) is 3.83. The quantitative estimate of drug-likeness (QED) is 0.584. The minimum Gasteiger partial charge on any atom is -0.479 e. The van der Waals surface area contributed by atoms with Crippen molar-refractivity contribution in [1.29, 1.82) is 5.26 Å². The van der Waals surface area contributed by atoms with Gasteiger partial charge in [-0.05, 0) is 57.2 Å². The second-order valence-electron chi connectivity index (χ2n) is 6.10. The van der Waals surface area contributed by atoms with Crippen LogP contribution < -0.4 is 10.1 Å². The number of hydrogen-bond donors (Lipinski definition) is 1. The third-order valence-corrected chi connectivity index (χ3v) is 3.83. The van der Waals surface area contributed by atoms with Gasteiger partial charge in [0.25, 0.3) is 5.91 Å². The SMILES string of the molecule is CC(=O)c1cccc(NC(=O)[C@@H](C)OC(=O)[C@@H](C)Oc2ccc(C#N)cc2)c1. The Labute approximate surface area is 162 Å². The molecule has 0 aliphatic heterocycles. The van der Waals surface area contributed by atoms with Gasteiger partial charge in [0.2, 0.25) is 0 Å². The summed E-state index contributed by atoms with van der Waals surface area (Å²) in [5.41, 5.74) is 1.37. The van der Waals surface area contributed by atoms with Gasteiger partial charge in [0, 0.05) is 11.3 Å². The Hall–Kier alpha value is -3.66. The van der Waals surface area contributed by atoms with Crippen molar-refractivity contribution < 1.29 is 23.9 Å². The van der Waals surface area contributed by atoms with Crippen molar-refractivity contribution in [1.82, 2.24) is 0 Å². The second-order valence-corrected chi connectivity index (χ2v) is 6.10. The summed E-state index contributed by atoms with van der Waals surface area (Å²) < 4.78 is 10.6. The molecule has 1 amide bonds. The predicted octanol–water partition coefficient (Wildman–Crippen LogP) is 3.10. The number of anilines is 1. The van der Waals surface area contributed by atoms with Crippen LogP contribution in [0.25, 0.3) is 0 Å². The molecular formula is C21H20N2O5. The van der Waals surface area contributed by atoms with E-state index in [0.717, 1.165) is 0 Å². The van der Waals surface area contributed by atoms with E-state index in [2.05, 4.69) is 5.32 Å². The van der Waals surface area contributed by atoms with Crippen molar-refractivity contribution in [3.05, 3.63) is 59.7 Å². The van der Waals surface area contributed by atoms with Gasteiger partial charge in [-0.2, -0.15) is 5.26 Å². The molecule has 0 radical (unpaired) electrons. The van der Waals surface area contributed by atoms with E-state index in [1.54, 1.807) is 48.5 Å². The lowest BCUT2D eigenvalue weighted by atomic mass is 10.1. The lowest BCUT2D eigenvalue weighted by molar-refractivity contribution is -0.159. The molecule has 2 atom stereocenters. The number of ketones is 1. The zero-order valence-electron chi connectivity index (χ0n) is 15.8. The number of amides is 1. The molecule has 0 saturated heterocycles. The fraction of sp³-hybridized carbons (Fsp3) is 0.238. The number of benzene rings is 2. The Balaban J connectivity index is 1.91. The van der Waals surface area contributed by atoms with Crippen LogP contribution in [0.1, 0.15) is 36.7 Å². The summed E-state index contributed by atoms with van der Waals surface area (Å²) in [5.74, 6) is -0.949. The van der Waals surface area contributed by atoms with Crippen molar-refractivity contribution in [3.8, 4) is 11.8 Å². The van der Waals surface area contributed by atoms with Crippen molar-refractivity contribution in [3.63, 3.8) is 0 Å². The molecule has 7 heteroatoms. The molecule has 0 aliphatic carbocycles. The van der Waals surface area contributed by atoms with E-state index < -0.39 is 24.1 Å². The molecular weight excluding hydrogens is 360 g/mol. The summed E-state index contributed by atoms with van der Waals surface area (Å²) in [6.45, 7) is 4.37. The van der Waals surface area contributed by atoms with Gasteiger partial charge in [0.1, 0.15) is 5.75 Å². The first-order valence-corrected chi connectivity index (χ1v) is 8.59. The monoisotopic (exact) mass is 380 g/mol. The highest BCUT2D eigenvalue weighted by Crippen LogP contribution is 2.15. The van der Waals surface area contributed by atoms with Gasteiger partial charge in [-0.15, -0.1) is 0 Å². The number of nitrogens with zero attached hydrogens (tertiary/aromatic N) is 1. The van der Waals surface area contributed by atoms with E-state index in [4.69, 9.17) is 14.7 Å². The van der Waals surface area contributed by atoms with Gasteiger partial charge < -0.3 is 14.8 Å². The van der Waals surface area contributed by atoms with Crippen LogP contribution >= 0.6 is 0 Å². The molecule has 2 aromatic rings. The number of Topliss-reactive ketones (excluding diaryl/α,β-unsaturated/α-hetero) is 1. The molecule has 0 spiro atoms. The first kappa shape index (κ1) is 20.6. The van der Waals surface area contributed by atoms with E-state index in [1.165, 1.54) is 20.8 Å². The molecule has 7 nitrogen and oxygen atoms in total. The normalized spacial score (nSPS) is 12.2. The number of hydrogen-bond acceptors (Lipinski definition) is 6. The highest BCUT2D eigenvalue weighted by Gasteiger charge is 2.23. The molecule has 0 heterocycles. The molecule has 144 valence electrons. The summed E-state index contributed by atoms with van der Waals surface area (Å²) >= 11 is 0. The number of carbonyl (C=O) groups is 3. The number of esters is 1. The maximum atomic E-state index is 12.2. The summed E-state index contributed by atoms with van der Waals surface area (Å²) in [4.78, 5) is 35.8. The van der Waals surface area contributed by atoms with Gasteiger partial charge in [-0.25, -0.2) is 4.79 Å². The second kappa shape index (κ2) is 9.33. The fourth-order valence-electron chi connectivity index (χ4n) is 2.24. The van der Waals surface area contributed by atoms with Gasteiger partial charge in [-0.1, -0.05) is 12.1 Å². The molecule has 2 aromatic carbocycles. The fourth-order valence-corrected chi connectivity index (χ4v) is 2.24. The standard InChI is InChI=1S/C21H20N2O5/c1-13(24)17-5-4-6-18(11-17)23-20(25)14(2)28-21(26)15(3)27-19-9-7-16(12-22)8-10-19/h4-11,14-15H,1-3H3,(H,23,25)/t14-,15-/m1/s1. The van der Waals surface area contributed by atoms with Gasteiger partial charge in [-0.3, -0.25) is 9.59 Å². The molecule has 0 aromatic heterocycles. The number of nitriles is 1. The summed E-state index contributed by atoms with van der Waals surface area (Å²) in [6.07, 6.45) is -2.00. The zero-order valence-corrected chi connectivity index (χ0v) is 15.8. The summed E-state index contributed by atoms with van der Waals surface area (Å²) in [5, 5.41) is 11.4. The molecule has 0 unspecified atom stereocenters. The first-order valence-electron chi connectivity index (χ1n) is 8.59. The lowest BCUT2D eigenvalue weighted by Crippen LogP contribution is -2.35. The third kappa shape index (κ3) is 5.68. The number of rotatable bonds is 7. The van der Waals surface area contributed by atoms with Crippen LogP contribution in [0.15, 0.2) is 48.5 Å². The Morgan fingerprint density at radius 3 is 2.32 bits per heavy atom. The van der Waals surface area contributed by atoms with E-state index in [9.17, 15) is 14.4 Å². The number of carbonyl (C=O) groups excluding carboxylic acids is 3. The van der Waals surface area contributed by atoms with E-state index in [1.807, 2.05) is 6.07 Å². The van der Waals surface area contributed by atoms with Gasteiger partial charge in [0.05, 0.1) is 11.6 Å². The minimum absolute atomic E-state index is 0.121. The van der Waals surface area contributed by atoms with Crippen molar-refractivity contribution in [2.45, 2.75) is 33.0 Å². The summed E-state index contributed by atoms with van der Waals surface area (Å²) in [6, 6.07) is 14.7. The molecule has 0 bridgehead atoms. The molecule has 0 saturated carbocycles. The van der Waals surface area contributed by atoms with Gasteiger partial charge >= 0.3 is 5.97 Å². The topological polar surface area (TPSA) is 105 Å². The van der Waals surface area contributed by atoms with E-state index in [0.29, 0.717) is 22.6 Å². The maximum absolute atomic E-state index is 12.2. The van der Waals surface area contributed by atoms with E-state index >= 15 is 0 Å². The van der Waals surface area contributed by atoms with Gasteiger partial charge in [0.15, 0.2) is 18.0 Å². The number of ether oxygens (including phenoxy) is 2. The average molecular weight is 380 g/mol.